The van der Waals surface area contributed by atoms with Gasteiger partial charge in [-0.3, -0.25) is 14.4 Å². The number of fused-ring (bicyclic) bond motifs is 1. The molecule has 4 rings (SSSR count). The second kappa shape index (κ2) is 10.9. The molecule has 1 aromatic carbocycles. The molecule has 1 aromatic heterocycles. The van der Waals surface area contributed by atoms with Crippen LogP contribution in [-0.4, -0.2) is 64.4 Å². The molecule has 32 heavy (non-hydrogen) atoms. The van der Waals surface area contributed by atoms with Gasteiger partial charge in [0.1, 0.15) is 0 Å². The molecule has 172 valence electrons. The normalized spacial score (nSPS) is 18.6. The molecule has 0 bridgehead atoms. The van der Waals surface area contributed by atoms with Crippen LogP contribution in [0.2, 0.25) is 0 Å². The summed E-state index contributed by atoms with van der Waals surface area (Å²) in [7, 11) is 0. The van der Waals surface area contributed by atoms with Crippen LogP contribution in [0, 0.1) is 0 Å². The quantitative estimate of drug-likeness (QED) is 0.563. The molecule has 1 amide bonds. The van der Waals surface area contributed by atoms with Crippen molar-refractivity contribution in [2.45, 2.75) is 58.2 Å². The van der Waals surface area contributed by atoms with Crippen molar-refractivity contribution in [3.05, 3.63) is 65.5 Å². The van der Waals surface area contributed by atoms with E-state index >= 15 is 0 Å². The second-order valence-corrected chi connectivity index (χ2v) is 8.86. The Kier molecular flexibility index (Phi) is 7.76. The van der Waals surface area contributed by atoms with Gasteiger partial charge in [-0.25, -0.2) is 0 Å². The van der Waals surface area contributed by atoms with E-state index in [1.807, 2.05) is 15.7 Å². The molecule has 0 saturated carbocycles. The van der Waals surface area contributed by atoms with Gasteiger partial charge in [-0.1, -0.05) is 49.8 Å². The molecular formula is C26H36N4O2. The highest BCUT2D eigenvalue weighted by Crippen LogP contribution is 2.29. The zero-order valence-electron chi connectivity index (χ0n) is 19.3. The minimum Gasteiger partial charge on any atom is -0.378 e. The van der Waals surface area contributed by atoms with Crippen LogP contribution in [0.5, 0.6) is 0 Å². The van der Waals surface area contributed by atoms with E-state index in [0.717, 1.165) is 37.9 Å². The maximum atomic E-state index is 13.4. The topological polar surface area (TPSA) is 50.6 Å². The second-order valence-electron chi connectivity index (χ2n) is 8.86. The Balaban J connectivity index is 1.59. The number of ether oxygens (including phenoxy) is 1. The number of carbonyl (C=O) groups excluding carboxylic acids is 1. The van der Waals surface area contributed by atoms with Gasteiger partial charge < -0.3 is 9.64 Å². The van der Waals surface area contributed by atoms with Crippen LogP contribution in [0.25, 0.3) is 0 Å². The molecule has 6 heteroatoms. The first-order valence-corrected chi connectivity index (χ1v) is 12.1. The van der Waals surface area contributed by atoms with E-state index in [4.69, 9.17) is 9.84 Å². The average Bonchev–Trinajstić information content (AvgIpc) is 3.20. The molecule has 0 radical (unpaired) electrons. The highest BCUT2D eigenvalue weighted by molar-refractivity contribution is 5.94. The third-order valence-corrected chi connectivity index (χ3v) is 6.67. The summed E-state index contributed by atoms with van der Waals surface area (Å²) in [4.78, 5) is 17.9. The number of allylic oxidation sites excluding steroid dienone is 1. The first kappa shape index (κ1) is 22.7. The Labute approximate surface area is 191 Å². The average molecular weight is 437 g/mol. The van der Waals surface area contributed by atoms with Crippen molar-refractivity contribution in [3.8, 4) is 0 Å². The summed E-state index contributed by atoms with van der Waals surface area (Å²) in [6, 6.07) is 11.2. The zero-order chi connectivity index (χ0) is 22.3. The Hall–Kier alpha value is -2.44. The lowest BCUT2D eigenvalue weighted by Gasteiger charge is -2.35. The predicted molar refractivity (Wildman–Crippen MR) is 127 cm³/mol. The molecule has 1 aliphatic carbocycles. The van der Waals surface area contributed by atoms with Gasteiger partial charge >= 0.3 is 0 Å². The van der Waals surface area contributed by atoms with E-state index < -0.39 is 0 Å². The Bertz CT molecular complexity index is 902. The van der Waals surface area contributed by atoms with E-state index in [2.05, 4.69) is 48.7 Å². The molecule has 1 atom stereocenters. The third kappa shape index (κ3) is 5.13. The number of carbonyl (C=O) groups is 1. The Morgan fingerprint density at radius 1 is 1.28 bits per heavy atom. The molecule has 6 nitrogen and oxygen atoms in total. The number of benzene rings is 1. The van der Waals surface area contributed by atoms with E-state index in [-0.39, 0.29) is 5.91 Å². The smallest absolute Gasteiger partial charge is 0.274 e. The molecule has 2 heterocycles. The number of unbranched alkanes of at least 4 members (excludes halogenated alkanes) is 1. The fourth-order valence-corrected chi connectivity index (χ4v) is 4.91. The minimum atomic E-state index is 0.0520. The minimum absolute atomic E-state index is 0.0520. The lowest BCUT2D eigenvalue weighted by molar-refractivity contribution is 0.0297. The van der Waals surface area contributed by atoms with Crippen molar-refractivity contribution in [3.63, 3.8) is 0 Å². The zero-order valence-corrected chi connectivity index (χ0v) is 19.3. The largest absolute Gasteiger partial charge is 0.378 e. The molecule has 0 spiro atoms. The van der Waals surface area contributed by atoms with Gasteiger partial charge in [0.05, 0.1) is 19.8 Å². The number of aromatic nitrogens is 2. The highest BCUT2D eigenvalue weighted by Gasteiger charge is 2.33. The number of nitrogens with zero attached hydrogens (tertiary/aromatic N) is 4. The number of hydrogen-bond donors (Lipinski definition) is 0. The van der Waals surface area contributed by atoms with Gasteiger partial charge in [0, 0.05) is 36.9 Å². The highest BCUT2D eigenvalue weighted by atomic mass is 16.5. The monoisotopic (exact) mass is 436 g/mol. The lowest BCUT2D eigenvalue weighted by Crippen LogP contribution is -2.42. The van der Waals surface area contributed by atoms with Crippen molar-refractivity contribution in [2.75, 3.05) is 32.8 Å². The lowest BCUT2D eigenvalue weighted by atomic mass is 9.89. The summed E-state index contributed by atoms with van der Waals surface area (Å²) in [5, 5.41) is 4.79. The maximum absolute atomic E-state index is 13.4. The molecule has 2 aliphatic rings. The SMILES string of the molecule is C=CCn1nc(C(=O)N2CCOCC2)c2c1CCC(N(CCCC)Cc1ccccc1)C2. The Morgan fingerprint density at radius 3 is 2.78 bits per heavy atom. The predicted octanol–water partition coefficient (Wildman–Crippen LogP) is 3.70. The van der Waals surface area contributed by atoms with Gasteiger partial charge in [0.15, 0.2) is 5.69 Å². The van der Waals surface area contributed by atoms with Crippen LogP contribution in [0.15, 0.2) is 43.0 Å². The van der Waals surface area contributed by atoms with Crippen LogP contribution in [0.1, 0.15) is 53.5 Å². The molecule has 0 N–H and O–H groups in total. The van der Waals surface area contributed by atoms with Crippen molar-refractivity contribution < 1.29 is 9.53 Å². The summed E-state index contributed by atoms with van der Waals surface area (Å²) in [5.41, 5.74) is 4.35. The fourth-order valence-electron chi connectivity index (χ4n) is 4.91. The van der Waals surface area contributed by atoms with Crippen molar-refractivity contribution in [1.29, 1.82) is 0 Å². The number of rotatable bonds is 9. The van der Waals surface area contributed by atoms with Gasteiger partial charge in [-0.05, 0) is 37.8 Å². The van der Waals surface area contributed by atoms with E-state index in [1.165, 1.54) is 24.1 Å². The van der Waals surface area contributed by atoms with E-state index in [9.17, 15) is 4.79 Å². The van der Waals surface area contributed by atoms with E-state index in [0.29, 0.717) is 44.6 Å². The molecule has 1 fully saturated rings. The van der Waals surface area contributed by atoms with Gasteiger partial charge in [0.2, 0.25) is 0 Å². The van der Waals surface area contributed by atoms with Gasteiger partial charge in [-0.15, -0.1) is 6.58 Å². The summed E-state index contributed by atoms with van der Waals surface area (Å²) in [6.45, 7) is 11.3. The van der Waals surface area contributed by atoms with Crippen LogP contribution in [0.3, 0.4) is 0 Å². The first-order valence-electron chi connectivity index (χ1n) is 12.1. The van der Waals surface area contributed by atoms with Crippen molar-refractivity contribution in [1.82, 2.24) is 19.6 Å². The Morgan fingerprint density at radius 2 is 2.06 bits per heavy atom. The number of hydrogen-bond acceptors (Lipinski definition) is 4. The van der Waals surface area contributed by atoms with Crippen LogP contribution >= 0.6 is 0 Å². The molecule has 2 aromatic rings. The van der Waals surface area contributed by atoms with Crippen LogP contribution < -0.4 is 0 Å². The van der Waals surface area contributed by atoms with Gasteiger partial charge in [0.25, 0.3) is 5.91 Å². The first-order chi connectivity index (χ1) is 15.7. The van der Waals surface area contributed by atoms with Gasteiger partial charge in [-0.2, -0.15) is 5.10 Å². The summed E-state index contributed by atoms with van der Waals surface area (Å²) >= 11 is 0. The molecule has 1 saturated heterocycles. The van der Waals surface area contributed by atoms with Crippen molar-refractivity contribution >= 4 is 5.91 Å². The number of amides is 1. The standard InChI is InChI=1S/C26H36N4O2/c1-3-5-14-29(20-21-9-7-6-8-10-21)22-11-12-24-23(19-22)25(27-30(24)13-4-2)26(31)28-15-17-32-18-16-28/h4,6-10,22H,2-3,5,11-20H2,1H3. The van der Waals surface area contributed by atoms with Crippen molar-refractivity contribution in [2.24, 2.45) is 0 Å². The van der Waals surface area contributed by atoms with Crippen LogP contribution in [0.4, 0.5) is 0 Å². The number of morpholine rings is 1. The molecular weight excluding hydrogens is 400 g/mol. The van der Waals surface area contributed by atoms with E-state index in [1.54, 1.807) is 0 Å². The molecule has 1 aliphatic heterocycles. The van der Waals surface area contributed by atoms with Crippen LogP contribution in [-0.2, 0) is 30.7 Å². The fraction of sp³-hybridized carbons (Fsp3) is 0.538. The summed E-state index contributed by atoms with van der Waals surface area (Å²) in [6.07, 6.45) is 7.17. The molecule has 1 unspecified atom stereocenters. The maximum Gasteiger partial charge on any atom is 0.274 e. The summed E-state index contributed by atoms with van der Waals surface area (Å²) in [5.74, 6) is 0.0520. The third-order valence-electron chi connectivity index (χ3n) is 6.67. The summed E-state index contributed by atoms with van der Waals surface area (Å²) < 4.78 is 7.45.